The van der Waals surface area contributed by atoms with Crippen LogP contribution in [-0.4, -0.2) is 17.4 Å². The summed E-state index contributed by atoms with van der Waals surface area (Å²) in [6, 6.07) is 0. The lowest BCUT2D eigenvalue weighted by molar-refractivity contribution is -0.116. The smallest absolute Gasteiger partial charge is 0.226 e. The molecule has 0 bridgehead atoms. The maximum Gasteiger partial charge on any atom is 0.226 e. The molecule has 0 spiro atoms. The molecule has 0 aliphatic rings. The summed E-state index contributed by atoms with van der Waals surface area (Å²) in [6.07, 6.45) is 1.18. The van der Waals surface area contributed by atoms with Crippen molar-refractivity contribution in [3.63, 3.8) is 0 Å². The lowest BCUT2D eigenvalue weighted by atomic mass is 10.2. The van der Waals surface area contributed by atoms with E-state index in [1.165, 1.54) is 11.3 Å². The number of nitrogens with two attached hydrogens (primary N) is 1. The molecule has 0 aliphatic carbocycles. The van der Waals surface area contributed by atoms with Gasteiger partial charge in [0.05, 0.1) is 5.69 Å². The number of hydrogen-bond donors (Lipinski definition) is 2. The highest BCUT2D eigenvalue weighted by molar-refractivity contribution is 7.13. The molecule has 0 saturated carbocycles. The van der Waals surface area contributed by atoms with Gasteiger partial charge < -0.3 is 11.1 Å². The van der Waals surface area contributed by atoms with E-state index in [0.29, 0.717) is 30.4 Å². The van der Waals surface area contributed by atoms with Gasteiger partial charge in [0, 0.05) is 11.8 Å². The van der Waals surface area contributed by atoms with Gasteiger partial charge in [-0.15, -0.1) is 11.3 Å². The van der Waals surface area contributed by atoms with E-state index in [1.54, 1.807) is 0 Å². The van der Waals surface area contributed by atoms with Gasteiger partial charge in [0.25, 0.3) is 0 Å². The van der Waals surface area contributed by atoms with Crippen LogP contribution in [0.2, 0.25) is 0 Å². The third kappa shape index (κ3) is 3.97. The lowest BCUT2D eigenvalue weighted by Gasteiger charge is -2.00. The van der Waals surface area contributed by atoms with E-state index in [9.17, 15) is 4.79 Å². The maximum atomic E-state index is 11.4. The molecule has 0 radical (unpaired) electrons. The van der Waals surface area contributed by atoms with Crippen molar-refractivity contribution in [3.05, 3.63) is 11.1 Å². The molecule has 0 fully saturated rings. The first-order valence-electron chi connectivity index (χ1n) is 5.09. The van der Waals surface area contributed by atoms with Crippen molar-refractivity contribution >= 4 is 22.4 Å². The molecule has 0 unspecified atom stereocenters. The van der Waals surface area contributed by atoms with Gasteiger partial charge in [0.2, 0.25) is 5.91 Å². The minimum absolute atomic E-state index is 0.00916. The number of amides is 1. The summed E-state index contributed by atoms with van der Waals surface area (Å²) in [4.78, 5) is 15.7. The Morgan fingerprint density at radius 3 is 2.93 bits per heavy atom. The molecule has 15 heavy (non-hydrogen) atoms. The molecule has 0 aliphatic heterocycles. The van der Waals surface area contributed by atoms with E-state index in [0.717, 1.165) is 5.69 Å². The number of aromatic nitrogens is 1. The van der Waals surface area contributed by atoms with Gasteiger partial charge >= 0.3 is 0 Å². The molecule has 1 aromatic heterocycles. The van der Waals surface area contributed by atoms with Crippen molar-refractivity contribution in [2.24, 2.45) is 5.73 Å². The number of rotatable bonds is 5. The molecule has 0 saturated heterocycles. The van der Waals surface area contributed by atoms with E-state index < -0.39 is 0 Å². The van der Waals surface area contributed by atoms with Gasteiger partial charge in [-0.2, -0.15) is 0 Å². The summed E-state index contributed by atoms with van der Waals surface area (Å²) in [5.74, 6) is 0.390. The van der Waals surface area contributed by atoms with Gasteiger partial charge in [0.15, 0.2) is 5.13 Å². The Kier molecular flexibility index (Phi) is 4.71. The van der Waals surface area contributed by atoms with Crippen LogP contribution in [0.15, 0.2) is 5.38 Å². The quantitative estimate of drug-likeness (QED) is 0.807. The van der Waals surface area contributed by atoms with Crippen LogP contribution in [0.3, 0.4) is 0 Å². The number of hydrogen-bond acceptors (Lipinski definition) is 4. The van der Waals surface area contributed by atoms with Gasteiger partial charge in [-0.3, -0.25) is 4.79 Å². The lowest BCUT2D eigenvalue weighted by Crippen LogP contribution is -2.13. The first-order chi connectivity index (χ1) is 7.13. The Hall–Kier alpha value is -0.940. The molecular formula is C10H17N3OS. The first kappa shape index (κ1) is 12.1. The molecule has 5 heteroatoms. The third-order valence-corrected chi connectivity index (χ3v) is 2.74. The minimum atomic E-state index is -0.00916. The number of nitrogens with zero attached hydrogens (tertiary/aromatic N) is 1. The highest BCUT2D eigenvalue weighted by Gasteiger charge is 2.07. The number of carbonyl (C=O) groups is 1. The van der Waals surface area contributed by atoms with Crippen LogP contribution in [0.25, 0.3) is 0 Å². The SMILES string of the molecule is CC(C)c1csc(NC(=O)CCCN)n1. The number of thiazole rings is 1. The van der Waals surface area contributed by atoms with Crippen LogP contribution in [0.1, 0.15) is 38.3 Å². The summed E-state index contributed by atoms with van der Waals surface area (Å²) in [6.45, 7) is 4.70. The second-order valence-corrected chi connectivity index (χ2v) is 4.53. The average Bonchev–Trinajstić information content (AvgIpc) is 2.63. The number of anilines is 1. The fraction of sp³-hybridized carbons (Fsp3) is 0.600. The van der Waals surface area contributed by atoms with Crippen molar-refractivity contribution in [2.75, 3.05) is 11.9 Å². The van der Waals surface area contributed by atoms with Gasteiger partial charge in [-0.05, 0) is 18.9 Å². The standard InChI is InChI=1S/C10H17N3OS/c1-7(2)8-6-15-10(12-8)13-9(14)4-3-5-11/h6-7H,3-5,11H2,1-2H3,(H,12,13,14). The van der Waals surface area contributed by atoms with E-state index in [-0.39, 0.29) is 5.91 Å². The molecule has 3 N–H and O–H groups in total. The zero-order valence-corrected chi connectivity index (χ0v) is 9.93. The topological polar surface area (TPSA) is 68.0 Å². The predicted octanol–water partition coefficient (Wildman–Crippen LogP) is 1.94. The molecule has 1 rings (SSSR count). The van der Waals surface area contributed by atoms with Crippen molar-refractivity contribution in [1.82, 2.24) is 4.98 Å². The van der Waals surface area contributed by atoms with Crippen molar-refractivity contribution in [3.8, 4) is 0 Å². The number of nitrogens with one attached hydrogen (secondary N) is 1. The van der Waals surface area contributed by atoms with E-state index in [4.69, 9.17) is 5.73 Å². The average molecular weight is 227 g/mol. The monoisotopic (exact) mass is 227 g/mol. The first-order valence-corrected chi connectivity index (χ1v) is 5.96. The molecule has 84 valence electrons. The molecule has 4 nitrogen and oxygen atoms in total. The van der Waals surface area contributed by atoms with Crippen molar-refractivity contribution < 1.29 is 4.79 Å². The second-order valence-electron chi connectivity index (χ2n) is 3.67. The van der Waals surface area contributed by atoms with Gasteiger partial charge in [0.1, 0.15) is 0 Å². The summed E-state index contributed by atoms with van der Waals surface area (Å²) < 4.78 is 0. The van der Waals surface area contributed by atoms with Crippen molar-refractivity contribution in [2.45, 2.75) is 32.6 Å². The second kappa shape index (κ2) is 5.82. The Morgan fingerprint density at radius 2 is 2.40 bits per heavy atom. The van der Waals surface area contributed by atoms with E-state index >= 15 is 0 Å². The van der Waals surface area contributed by atoms with Gasteiger partial charge in [-0.25, -0.2) is 4.98 Å². The summed E-state index contributed by atoms with van der Waals surface area (Å²) in [5, 5.41) is 5.42. The van der Waals surface area contributed by atoms with Crippen LogP contribution in [0, 0.1) is 0 Å². The van der Waals surface area contributed by atoms with Gasteiger partial charge in [-0.1, -0.05) is 13.8 Å². The Bertz CT molecular complexity index is 322. The Labute approximate surface area is 93.9 Å². The highest BCUT2D eigenvalue weighted by Crippen LogP contribution is 2.21. The summed E-state index contributed by atoms with van der Waals surface area (Å²) >= 11 is 1.47. The largest absolute Gasteiger partial charge is 0.330 e. The molecule has 1 aromatic rings. The van der Waals surface area contributed by atoms with E-state index in [1.807, 2.05) is 5.38 Å². The van der Waals surface area contributed by atoms with Crippen LogP contribution in [0.4, 0.5) is 5.13 Å². The zero-order chi connectivity index (χ0) is 11.3. The molecule has 0 aromatic carbocycles. The fourth-order valence-corrected chi connectivity index (χ4v) is 1.94. The molecule has 1 heterocycles. The van der Waals surface area contributed by atoms with Crippen LogP contribution >= 0.6 is 11.3 Å². The minimum Gasteiger partial charge on any atom is -0.330 e. The number of carbonyl (C=O) groups excluding carboxylic acids is 1. The van der Waals surface area contributed by atoms with E-state index in [2.05, 4.69) is 24.1 Å². The Balaban J connectivity index is 2.46. The van der Waals surface area contributed by atoms with Crippen LogP contribution < -0.4 is 11.1 Å². The van der Waals surface area contributed by atoms with Crippen LogP contribution in [-0.2, 0) is 4.79 Å². The normalized spacial score (nSPS) is 10.7. The van der Waals surface area contributed by atoms with Crippen LogP contribution in [0.5, 0.6) is 0 Å². The van der Waals surface area contributed by atoms with Crippen molar-refractivity contribution in [1.29, 1.82) is 0 Å². The Morgan fingerprint density at radius 1 is 1.67 bits per heavy atom. The highest BCUT2D eigenvalue weighted by atomic mass is 32.1. The fourth-order valence-electron chi connectivity index (χ4n) is 1.05. The maximum absolute atomic E-state index is 11.4. The third-order valence-electron chi connectivity index (χ3n) is 1.97. The summed E-state index contributed by atoms with van der Waals surface area (Å²) in [5.41, 5.74) is 6.34. The predicted molar refractivity (Wildman–Crippen MR) is 63.1 cm³/mol. The molecule has 0 atom stereocenters. The zero-order valence-electron chi connectivity index (χ0n) is 9.12. The molecule has 1 amide bonds. The molecular weight excluding hydrogens is 210 g/mol. The summed E-state index contributed by atoms with van der Waals surface area (Å²) in [7, 11) is 0.